The summed E-state index contributed by atoms with van der Waals surface area (Å²) in [6.07, 6.45) is -3.24. The van der Waals surface area contributed by atoms with Crippen molar-refractivity contribution >= 4 is 17.5 Å². The van der Waals surface area contributed by atoms with E-state index in [0.717, 1.165) is 0 Å². The Bertz CT molecular complexity index is 553. The molecule has 1 rings (SSSR count). The average molecular weight is 417 g/mol. The van der Waals surface area contributed by atoms with Crippen molar-refractivity contribution in [3.05, 3.63) is 0 Å². The molecule has 9 nitrogen and oxygen atoms in total. The molecular formula is C20H35NO8. The lowest BCUT2D eigenvalue weighted by atomic mass is 9.92. The Morgan fingerprint density at radius 1 is 1.14 bits per heavy atom. The van der Waals surface area contributed by atoms with Gasteiger partial charge in [0.05, 0.1) is 19.3 Å². The summed E-state index contributed by atoms with van der Waals surface area (Å²) in [6, 6.07) is 0. The molecule has 0 aromatic heterocycles. The van der Waals surface area contributed by atoms with Crippen LogP contribution in [-0.2, 0) is 23.9 Å². The Morgan fingerprint density at radius 2 is 1.79 bits per heavy atom. The largest absolute Gasteiger partial charge is 0.394 e. The third-order valence-corrected chi connectivity index (χ3v) is 5.52. The van der Waals surface area contributed by atoms with Gasteiger partial charge in [-0.1, -0.05) is 27.7 Å². The average Bonchev–Trinajstić information content (AvgIpc) is 2.72. The molecule has 1 aliphatic rings. The molecule has 0 aliphatic carbocycles. The molecule has 29 heavy (non-hydrogen) atoms. The lowest BCUT2D eigenvalue weighted by Crippen LogP contribution is -2.55. The van der Waals surface area contributed by atoms with E-state index in [1.165, 1.54) is 0 Å². The number of ether oxygens (including phenoxy) is 2. The van der Waals surface area contributed by atoms with Gasteiger partial charge in [-0.05, 0) is 12.8 Å². The van der Waals surface area contributed by atoms with Crippen LogP contribution in [0.1, 0.15) is 47.0 Å². The number of amides is 1. The van der Waals surface area contributed by atoms with Crippen LogP contribution in [0.5, 0.6) is 0 Å². The van der Waals surface area contributed by atoms with Gasteiger partial charge < -0.3 is 30.1 Å². The van der Waals surface area contributed by atoms with Gasteiger partial charge in [-0.2, -0.15) is 0 Å². The fraction of sp³-hybridized carbons (Fsp3) is 0.850. The van der Waals surface area contributed by atoms with Gasteiger partial charge in [0.15, 0.2) is 17.9 Å². The second kappa shape index (κ2) is 12.3. The third-order valence-electron chi connectivity index (χ3n) is 5.52. The van der Waals surface area contributed by atoms with Crippen LogP contribution in [-0.4, -0.2) is 77.2 Å². The van der Waals surface area contributed by atoms with Crippen LogP contribution in [0, 0.1) is 17.8 Å². The van der Waals surface area contributed by atoms with Crippen molar-refractivity contribution in [1.82, 2.24) is 5.32 Å². The first-order chi connectivity index (χ1) is 13.7. The normalized spacial score (nSPS) is 29.1. The number of aliphatic hydroxyl groups excluding tert-OH is 3. The third kappa shape index (κ3) is 7.42. The molecule has 9 heteroatoms. The van der Waals surface area contributed by atoms with Gasteiger partial charge >= 0.3 is 0 Å². The molecule has 0 bridgehead atoms. The second-order valence-corrected chi connectivity index (χ2v) is 7.72. The highest BCUT2D eigenvalue weighted by molar-refractivity contribution is 5.91. The number of hydrogen-bond acceptors (Lipinski definition) is 8. The number of rotatable bonds is 12. The molecule has 1 fully saturated rings. The molecule has 1 aliphatic heterocycles. The number of carbonyl (C=O) groups is 3. The van der Waals surface area contributed by atoms with Gasteiger partial charge in [-0.3, -0.25) is 14.4 Å². The molecule has 0 saturated carbocycles. The first kappa shape index (κ1) is 25.6. The second-order valence-electron chi connectivity index (χ2n) is 7.72. The smallest absolute Gasteiger partial charge is 0.223 e. The number of hydrogen-bond donors (Lipinski definition) is 4. The highest BCUT2D eigenvalue weighted by atomic mass is 16.7. The maximum Gasteiger partial charge on any atom is 0.223 e. The van der Waals surface area contributed by atoms with Gasteiger partial charge in [0, 0.05) is 24.2 Å². The molecule has 1 saturated heterocycles. The maximum atomic E-state index is 12.5. The molecule has 168 valence electrons. The maximum absolute atomic E-state index is 12.5. The first-order valence-electron chi connectivity index (χ1n) is 10.2. The Kier molecular flexibility index (Phi) is 10.9. The zero-order chi connectivity index (χ0) is 22.1. The summed E-state index contributed by atoms with van der Waals surface area (Å²) in [5, 5.41) is 31.7. The van der Waals surface area contributed by atoms with Crippen molar-refractivity contribution in [2.75, 3.05) is 19.8 Å². The van der Waals surface area contributed by atoms with Crippen molar-refractivity contribution in [1.29, 1.82) is 0 Å². The fourth-order valence-corrected chi connectivity index (χ4v) is 3.07. The minimum Gasteiger partial charge on any atom is -0.394 e. The van der Waals surface area contributed by atoms with Crippen molar-refractivity contribution in [2.24, 2.45) is 17.8 Å². The van der Waals surface area contributed by atoms with E-state index in [0.29, 0.717) is 12.8 Å². The van der Waals surface area contributed by atoms with Crippen LogP contribution in [0.15, 0.2) is 0 Å². The minimum absolute atomic E-state index is 0.00115. The summed E-state index contributed by atoms with van der Waals surface area (Å²) < 4.78 is 10.9. The molecule has 0 aromatic rings. The van der Waals surface area contributed by atoms with Crippen LogP contribution >= 0.6 is 0 Å². The summed E-state index contributed by atoms with van der Waals surface area (Å²) in [5.41, 5.74) is 0. The van der Waals surface area contributed by atoms with Gasteiger partial charge in [-0.25, -0.2) is 0 Å². The Labute approximate surface area is 171 Å². The van der Waals surface area contributed by atoms with Crippen LogP contribution in [0.4, 0.5) is 0 Å². The molecule has 0 aromatic carbocycles. The van der Waals surface area contributed by atoms with Gasteiger partial charge in [-0.15, -0.1) is 0 Å². The Balaban J connectivity index is 2.52. The Hall–Kier alpha value is -1.39. The van der Waals surface area contributed by atoms with Crippen molar-refractivity contribution in [3.63, 3.8) is 0 Å². The topological polar surface area (TPSA) is 142 Å². The summed E-state index contributed by atoms with van der Waals surface area (Å²) in [7, 11) is 0. The molecule has 7 atom stereocenters. The highest BCUT2D eigenvalue weighted by Crippen LogP contribution is 2.27. The van der Waals surface area contributed by atoms with Gasteiger partial charge in [0.2, 0.25) is 5.91 Å². The predicted octanol–water partition coefficient (Wildman–Crippen LogP) is -0.205. The zero-order valence-electron chi connectivity index (χ0n) is 17.7. The Morgan fingerprint density at radius 3 is 2.34 bits per heavy atom. The van der Waals surface area contributed by atoms with Crippen molar-refractivity contribution < 1.29 is 39.2 Å². The summed E-state index contributed by atoms with van der Waals surface area (Å²) >= 11 is 0. The van der Waals surface area contributed by atoms with Gasteiger partial charge in [0.1, 0.15) is 18.8 Å². The highest BCUT2D eigenvalue weighted by Gasteiger charge is 2.42. The lowest BCUT2D eigenvalue weighted by Gasteiger charge is -2.40. The quantitative estimate of drug-likeness (QED) is 0.342. The molecule has 0 radical (unpaired) electrons. The minimum atomic E-state index is -1.24. The van der Waals surface area contributed by atoms with Gasteiger partial charge in [0.25, 0.3) is 0 Å². The summed E-state index contributed by atoms with van der Waals surface area (Å²) in [6.45, 7) is 6.14. The first-order valence-corrected chi connectivity index (χ1v) is 10.2. The summed E-state index contributed by atoms with van der Waals surface area (Å²) in [4.78, 5) is 36.4. The zero-order valence-corrected chi connectivity index (χ0v) is 17.7. The van der Waals surface area contributed by atoms with E-state index in [2.05, 4.69) is 5.32 Å². The molecular weight excluding hydrogens is 382 g/mol. The van der Waals surface area contributed by atoms with E-state index in [4.69, 9.17) is 9.47 Å². The predicted molar refractivity (Wildman–Crippen MR) is 104 cm³/mol. The van der Waals surface area contributed by atoms with E-state index in [9.17, 15) is 29.7 Å². The molecule has 4 unspecified atom stereocenters. The van der Waals surface area contributed by atoms with Crippen LogP contribution < -0.4 is 5.32 Å². The van der Waals surface area contributed by atoms with Crippen LogP contribution in [0.2, 0.25) is 0 Å². The molecule has 1 heterocycles. The number of ketones is 2. The SMILES string of the molecule is CCC(C)C(=O)NCC(=O)CC(CC)C(=O)COC1OC(CO)[C@H](O)[C@H](O)[C@@H]1C. The number of Topliss-reactive ketones (excluding diaryl/α,β-unsaturated/α-hetero) is 2. The lowest BCUT2D eigenvalue weighted by molar-refractivity contribution is -0.280. The number of carbonyl (C=O) groups excluding carboxylic acids is 3. The molecule has 0 spiro atoms. The monoisotopic (exact) mass is 417 g/mol. The van der Waals surface area contributed by atoms with Crippen LogP contribution in [0.3, 0.4) is 0 Å². The molecule has 4 N–H and O–H groups in total. The standard InChI is InChI=1S/C20H35NO8/c1-5-11(3)19(27)21-8-14(23)7-13(6-2)15(24)10-28-20-12(4)17(25)18(26)16(9-22)29-20/h11-13,16-18,20,22,25-26H,5-10H2,1-4H3,(H,21,27)/t11?,12-,13?,16?,17+,18-,20?/m0/s1. The van der Waals surface area contributed by atoms with Crippen LogP contribution in [0.25, 0.3) is 0 Å². The summed E-state index contributed by atoms with van der Waals surface area (Å²) in [5.74, 6) is -2.03. The van der Waals surface area contributed by atoms with E-state index >= 15 is 0 Å². The van der Waals surface area contributed by atoms with E-state index in [1.54, 1.807) is 20.8 Å². The van der Waals surface area contributed by atoms with E-state index in [1.807, 2.05) is 6.92 Å². The molecule has 1 amide bonds. The number of aliphatic hydroxyl groups is 3. The van der Waals surface area contributed by atoms with Crippen molar-refractivity contribution in [2.45, 2.75) is 71.6 Å². The van der Waals surface area contributed by atoms with E-state index in [-0.39, 0.29) is 43.0 Å². The van der Waals surface area contributed by atoms with E-state index < -0.39 is 43.0 Å². The van der Waals surface area contributed by atoms with Crippen molar-refractivity contribution in [3.8, 4) is 0 Å². The fourth-order valence-electron chi connectivity index (χ4n) is 3.07. The number of nitrogens with one attached hydrogen (secondary N) is 1.